The maximum absolute atomic E-state index is 14.1. The van der Waals surface area contributed by atoms with Gasteiger partial charge in [0.05, 0.1) is 34.8 Å². The number of aromatic amines is 1. The van der Waals surface area contributed by atoms with Gasteiger partial charge in [0.25, 0.3) is 21.6 Å². The minimum absolute atomic E-state index is 0.0856. The Bertz CT molecular complexity index is 2790. The molecule has 18 heteroatoms. The molecule has 10 rings (SSSR count). The van der Waals surface area contributed by atoms with Crippen LogP contribution in [0.1, 0.15) is 85.8 Å². The summed E-state index contributed by atoms with van der Waals surface area (Å²) in [5, 5.41) is 16.0. The molecule has 17 nitrogen and oxygen atoms in total. The maximum atomic E-state index is 14.1. The number of nitrogens with zero attached hydrogens (tertiary/aromatic N) is 5. The van der Waals surface area contributed by atoms with Gasteiger partial charge in [0.1, 0.15) is 23.2 Å². The number of pyridine rings is 1. The highest BCUT2D eigenvalue weighted by Gasteiger charge is 2.50. The summed E-state index contributed by atoms with van der Waals surface area (Å²) in [6, 6.07) is 19.5. The predicted molar refractivity (Wildman–Crippen MR) is 247 cm³/mol. The number of nitrogens with one attached hydrogen (secondary N) is 3. The highest BCUT2D eigenvalue weighted by Crippen LogP contribution is 2.54. The molecule has 3 N–H and O–H groups in total. The molecule has 1 amide bonds. The smallest absolute Gasteiger partial charge is 0.335 e. The molecule has 1 unspecified atom stereocenters. The SMILES string of the molecule is CC(C)c1ccccc1[C@@H]1CCCN1C1CC2(CCN(c3ccc(C(=O)NS(=O)(=O)c4cc5c(c([N+](=O)[O-])c4)NC(CN4CCOCC4)C(=O)O5)c(Oc4cnc5[nH]ccc5c4)c3)CC2)C1. The van der Waals surface area contributed by atoms with Crippen molar-refractivity contribution in [2.24, 2.45) is 5.41 Å². The normalized spacial score (nSPS) is 21.3. The summed E-state index contributed by atoms with van der Waals surface area (Å²) in [5.41, 5.74) is 3.84. The van der Waals surface area contributed by atoms with Gasteiger partial charge >= 0.3 is 5.97 Å². The number of rotatable bonds is 12. The van der Waals surface area contributed by atoms with Crippen LogP contribution in [-0.4, -0.2) is 110 Å². The second-order valence-electron chi connectivity index (χ2n) is 18.6. The van der Waals surface area contributed by atoms with Gasteiger partial charge in [0.15, 0.2) is 11.4 Å². The predicted octanol–water partition coefficient (Wildman–Crippen LogP) is 7.12. The molecular weight excluding hydrogens is 865 g/mol. The van der Waals surface area contributed by atoms with Gasteiger partial charge in [-0.15, -0.1) is 0 Å². The Morgan fingerprint density at radius 2 is 1.82 bits per heavy atom. The van der Waals surface area contributed by atoms with Gasteiger partial charge in [-0.1, -0.05) is 38.1 Å². The number of esters is 1. The van der Waals surface area contributed by atoms with Gasteiger partial charge < -0.3 is 29.4 Å². The maximum Gasteiger partial charge on any atom is 0.335 e. The Labute approximate surface area is 383 Å². The number of amides is 1. The zero-order valence-electron chi connectivity index (χ0n) is 37.0. The third kappa shape index (κ3) is 8.58. The lowest BCUT2D eigenvalue weighted by Gasteiger charge is -2.56. The topological polar surface area (TPSA) is 202 Å². The number of morpholine rings is 1. The van der Waals surface area contributed by atoms with Gasteiger partial charge in [-0.2, -0.15) is 0 Å². The van der Waals surface area contributed by atoms with E-state index in [1.165, 1.54) is 49.1 Å². The second kappa shape index (κ2) is 17.6. The number of aromatic nitrogens is 2. The number of fused-ring (bicyclic) bond motifs is 2. The molecule has 5 aliphatic rings. The van der Waals surface area contributed by atoms with Crippen molar-refractivity contribution in [3.8, 4) is 17.2 Å². The first-order valence-electron chi connectivity index (χ1n) is 22.9. The molecule has 0 radical (unpaired) electrons. The van der Waals surface area contributed by atoms with E-state index in [9.17, 15) is 28.1 Å². The molecule has 66 heavy (non-hydrogen) atoms. The first kappa shape index (κ1) is 43.8. The molecule has 346 valence electrons. The molecule has 3 saturated heterocycles. The van der Waals surface area contributed by atoms with E-state index in [2.05, 4.69) is 67.9 Å². The molecule has 2 atom stereocenters. The first-order chi connectivity index (χ1) is 31.8. The lowest BCUT2D eigenvalue weighted by molar-refractivity contribution is -0.384. The van der Waals surface area contributed by atoms with Crippen molar-refractivity contribution in [3.05, 3.63) is 106 Å². The number of anilines is 2. The number of likely N-dealkylation sites (tertiary alicyclic amines) is 1. The fourth-order valence-corrected chi connectivity index (χ4v) is 11.7. The fraction of sp³-hybridized carbons (Fsp3) is 0.438. The van der Waals surface area contributed by atoms with E-state index in [0.717, 1.165) is 55.7 Å². The molecule has 5 aromatic rings. The number of sulfonamides is 1. The highest BCUT2D eigenvalue weighted by atomic mass is 32.2. The van der Waals surface area contributed by atoms with E-state index >= 15 is 0 Å². The van der Waals surface area contributed by atoms with Crippen LogP contribution in [0.15, 0.2) is 84.0 Å². The van der Waals surface area contributed by atoms with Crippen molar-refractivity contribution in [1.82, 2.24) is 24.5 Å². The monoisotopic (exact) mass is 918 g/mol. The molecular formula is C48H54N8O9S. The van der Waals surface area contributed by atoms with Crippen LogP contribution in [0.3, 0.4) is 0 Å². The number of hydrogen-bond donors (Lipinski definition) is 3. The molecule has 1 saturated carbocycles. The van der Waals surface area contributed by atoms with Crippen LogP contribution in [0.2, 0.25) is 0 Å². The summed E-state index contributed by atoms with van der Waals surface area (Å²) < 4.78 is 47.1. The first-order valence-corrected chi connectivity index (χ1v) is 24.3. The lowest BCUT2D eigenvalue weighted by Crippen LogP contribution is -2.54. The summed E-state index contributed by atoms with van der Waals surface area (Å²) in [6.45, 7) is 9.64. The minimum atomic E-state index is -4.77. The van der Waals surface area contributed by atoms with E-state index in [4.69, 9.17) is 14.2 Å². The van der Waals surface area contributed by atoms with E-state index < -0.39 is 43.4 Å². The number of carbonyl (C=O) groups excluding carboxylic acids is 2. The Kier molecular flexibility index (Phi) is 11.7. The van der Waals surface area contributed by atoms with Crippen molar-refractivity contribution >= 4 is 50.0 Å². The van der Waals surface area contributed by atoms with Gasteiger partial charge in [-0.05, 0) is 91.8 Å². The average molecular weight is 919 g/mol. The number of piperidine rings is 1. The van der Waals surface area contributed by atoms with Crippen molar-refractivity contribution in [1.29, 1.82) is 0 Å². The van der Waals surface area contributed by atoms with Crippen molar-refractivity contribution in [2.45, 2.75) is 81.3 Å². The molecule has 1 spiro atoms. The molecule has 0 bridgehead atoms. The van der Waals surface area contributed by atoms with Crippen LogP contribution >= 0.6 is 0 Å². The number of nitro groups is 1. The van der Waals surface area contributed by atoms with Crippen LogP contribution < -0.4 is 24.4 Å². The second-order valence-corrected chi connectivity index (χ2v) is 20.3. The van der Waals surface area contributed by atoms with Crippen LogP contribution in [-0.2, 0) is 19.6 Å². The average Bonchev–Trinajstić information content (AvgIpc) is 3.98. The molecule has 4 aliphatic heterocycles. The highest BCUT2D eigenvalue weighted by molar-refractivity contribution is 7.90. The number of nitro benzene ring substituents is 1. The Morgan fingerprint density at radius 3 is 2.59 bits per heavy atom. The van der Waals surface area contributed by atoms with E-state index in [1.807, 2.05) is 11.0 Å². The number of H-pyrrole nitrogens is 1. The van der Waals surface area contributed by atoms with Crippen LogP contribution in [0.4, 0.5) is 17.1 Å². The van der Waals surface area contributed by atoms with Crippen molar-refractivity contribution in [3.63, 3.8) is 0 Å². The van der Waals surface area contributed by atoms with Crippen LogP contribution in [0, 0.1) is 15.5 Å². The number of carbonyl (C=O) groups is 2. The zero-order chi connectivity index (χ0) is 45.7. The van der Waals surface area contributed by atoms with Gasteiger partial charge in [-0.25, -0.2) is 22.9 Å². The standard InChI is InChI=1S/C48H54N8O9S/c1-30(2)36-6-3-4-7-37(36)40-8-5-15-55(40)33-26-48(27-33)12-16-54(17-13-48)32-9-10-38(42(23-32)64-34-22-31-11-14-49-45(31)50-28-34)46(57)52-66(61,62)35-24-41(56(59)60)44-43(25-35)65-47(58)39(51-44)29-53-18-20-63-21-19-53/h3-4,6-7,9-11,14,22-25,28,30,33,39-40,51H,5,8,12-13,15-21,26-27,29H2,1-2H3,(H,49,50)(H,52,57)/t39?,40-/m0/s1. The fourth-order valence-electron chi connectivity index (χ4n) is 10.7. The molecule has 6 heterocycles. The minimum Gasteiger partial charge on any atom is -0.455 e. The Morgan fingerprint density at radius 1 is 1.03 bits per heavy atom. The van der Waals surface area contributed by atoms with Gasteiger partial charge in [0.2, 0.25) is 0 Å². The summed E-state index contributed by atoms with van der Waals surface area (Å²) in [6.07, 6.45) is 10.1. The summed E-state index contributed by atoms with van der Waals surface area (Å²) in [5.74, 6) is -1.18. The zero-order valence-corrected chi connectivity index (χ0v) is 37.8. The van der Waals surface area contributed by atoms with Crippen molar-refractivity contribution in [2.75, 3.05) is 62.7 Å². The third-order valence-corrected chi connectivity index (χ3v) is 15.5. The number of ether oxygens (including phenoxy) is 3. The Balaban J connectivity index is 0.860. The van der Waals surface area contributed by atoms with E-state index in [0.29, 0.717) is 55.7 Å². The van der Waals surface area contributed by atoms with Gasteiger partial charge in [-0.3, -0.25) is 24.7 Å². The van der Waals surface area contributed by atoms with Gasteiger partial charge in [0, 0.05) is 80.3 Å². The molecule has 1 aliphatic carbocycles. The third-order valence-electron chi connectivity index (χ3n) is 14.2. The largest absolute Gasteiger partial charge is 0.455 e. The number of benzene rings is 3. The summed E-state index contributed by atoms with van der Waals surface area (Å²) >= 11 is 0. The molecule has 2 aromatic heterocycles. The quantitative estimate of drug-likeness (QED) is 0.0494. The number of hydrogen-bond acceptors (Lipinski definition) is 14. The van der Waals surface area contributed by atoms with Crippen LogP contribution in [0.25, 0.3) is 11.0 Å². The van der Waals surface area contributed by atoms with E-state index in [1.54, 1.807) is 24.4 Å². The van der Waals surface area contributed by atoms with Crippen molar-refractivity contribution < 1.29 is 37.1 Å². The van der Waals surface area contributed by atoms with E-state index in [-0.39, 0.29) is 34.7 Å². The summed E-state index contributed by atoms with van der Waals surface area (Å²) in [4.78, 5) is 52.6. The molecule has 4 fully saturated rings. The lowest BCUT2D eigenvalue weighted by atomic mass is 9.59. The summed E-state index contributed by atoms with van der Waals surface area (Å²) in [7, 11) is -4.77. The molecule has 3 aromatic carbocycles. The van der Waals surface area contributed by atoms with Crippen LogP contribution in [0.5, 0.6) is 17.2 Å². The Hall–Kier alpha value is -6.08.